The van der Waals surface area contributed by atoms with Crippen LogP contribution in [0.4, 0.5) is 11.4 Å². The summed E-state index contributed by atoms with van der Waals surface area (Å²) in [6.07, 6.45) is 0.237. The molecule has 8 nitrogen and oxygen atoms in total. The van der Waals surface area contributed by atoms with E-state index in [9.17, 15) is 19.7 Å². The molecule has 96 valence electrons. The summed E-state index contributed by atoms with van der Waals surface area (Å²) in [7, 11) is 0. The molecule has 1 aromatic carbocycles. The zero-order valence-corrected chi connectivity index (χ0v) is 9.28. The van der Waals surface area contributed by atoms with Crippen molar-refractivity contribution in [2.75, 3.05) is 11.6 Å². The van der Waals surface area contributed by atoms with Gasteiger partial charge in [-0.15, -0.1) is 0 Å². The van der Waals surface area contributed by atoms with Crippen molar-refractivity contribution >= 4 is 23.8 Å². The zero-order chi connectivity index (χ0) is 13.5. The van der Waals surface area contributed by atoms with Gasteiger partial charge >= 0.3 is 5.97 Å². The molecule has 0 heterocycles. The molecule has 0 spiro atoms. The Morgan fingerprint density at radius 3 is 2.50 bits per heavy atom. The fraction of sp³-hybridized carbons (Fsp3) is 0.200. The largest absolute Gasteiger partial charge is 0.481 e. The van der Waals surface area contributed by atoms with Crippen LogP contribution in [0.5, 0.6) is 0 Å². The van der Waals surface area contributed by atoms with Gasteiger partial charge in [0.05, 0.1) is 17.0 Å². The van der Waals surface area contributed by atoms with Gasteiger partial charge in [0.15, 0.2) is 0 Å². The number of carbonyl (C=O) groups excluding carboxylic acids is 1. The first-order chi connectivity index (χ1) is 8.54. The van der Waals surface area contributed by atoms with Crippen LogP contribution >= 0.6 is 0 Å². The smallest absolute Gasteiger partial charge is 0.305 e. The molecule has 2 N–H and O–H groups in total. The van der Waals surface area contributed by atoms with E-state index in [2.05, 4.69) is 5.43 Å². The Balaban J connectivity index is 2.81. The minimum absolute atomic E-state index is 0.0614. The second-order valence-electron chi connectivity index (χ2n) is 3.32. The number of benzene rings is 1. The molecule has 0 aromatic heterocycles. The minimum atomic E-state index is -1.00. The number of carboxylic acids is 1. The Hall–Kier alpha value is -2.64. The number of non-ortho nitro benzene ring substituents is 1. The summed E-state index contributed by atoms with van der Waals surface area (Å²) in [4.78, 5) is 30.8. The molecule has 0 saturated carbocycles. The number of nitrogens with zero attached hydrogens (tertiary/aromatic N) is 2. The van der Waals surface area contributed by atoms with E-state index in [1.54, 1.807) is 0 Å². The summed E-state index contributed by atoms with van der Waals surface area (Å²) in [6.45, 7) is 0.0614. The van der Waals surface area contributed by atoms with Gasteiger partial charge in [0.2, 0.25) is 6.41 Å². The third-order valence-corrected chi connectivity index (χ3v) is 2.13. The Kier molecular flexibility index (Phi) is 4.61. The van der Waals surface area contributed by atoms with Gasteiger partial charge in [-0.05, 0) is 12.1 Å². The molecule has 1 amide bonds. The number of carboxylic acid groups (broad SMARTS) is 1. The third kappa shape index (κ3) is 3.74. The van der Waals surface area contributed by atoms with E-state index in [1.165, 1.54) is 29.3 Å². The molecule has 0 aliphatic heterocycles. The lowest BCUT2D eigenvalue weighted by Crippen LogP contribution is -2.38. The van der Waals surface area contributed by atoms with Crippen molar-refractivity contribution in [1.29, 1.82) is 0 Å². The van der Waals surface area contributed by atoms with E-state index < -0.39 is 10.9 Å². The summed E-state index contributed by atoms with van der Waals surface area (Å²) in [5.74, 6) is -1.00. The van der Waals surface area contributed by atoms with Gasteiger partial charge in [0, 0.05) is 18.7 Å². The zero-order valence-electron chi connectivity index (χ0n) is 9.28. The van der Waals surface area contributed by atoms with E-state index in [0.29, 0.717) is 12.1 Å². The average molecular weight is 253 g/mol. The standard InChI is InChI=1S/C10H11N3O5/c14-7-11-12(6-5-10(15)16)8-1-3-9(4-2-8)13(17)18/h1-4,7H,5-6H2,(H,11,14)(H,15,16). The summed E-state index contributed by atoms with van der Waals surface area (Å²) < 4.78 is 0. The molecule has 8 heteroatoms. The highest BCUT2D eigenvalue weighted by Gasteiger charge is 2.10. The Bertz CT molecular complexity index is 445. The molecular formula is C10H11N3O5. The quantitative estimate of drug-likeness (QED) is 0.416. The monoisotopic (exact) mass is 253 g/mol. The summed E-state index contributed by atoms with van der Waals surface area (Å²) in [5, 5.41) is 20.3. The number of nitrogens with one attached hydrogen (secondary N) is 1. The Morgan fingerprint density at radius 1 is 1.44 bits per heavy atom. The van der Waals surface area contributed by atoms with Gasteiger partial charge in [-0.1, -0.05) is 0 Å². The van der Waals surface area contributed by atoms with Crippen molar-refractivity contribution in [3.05, 3.63) is 34.4 Å². The number of nitro groups is 1. The highest BCUT2D eigenvalue weighted by molar-refractivity contribution is 5.68. The minimum Gasteiger partial charge on any atom is -0.481 e. The molecule has 0 unspecified atom stereocenters. The van der Waals surface area contributed by atoms with Gasteiger partial charge in [-0.2, -0.15) is 0 Å². The molecule has 1 aromatic rings. The molecule has 0 aliphatic carbocycles. The number of hydrazine groups is 1. The van der Waals surface area contributed by atoms with Crippen molar-refractivity contribution in [1.82, 2.24) is 5.43 Å². The first-order valence-corrected chi connectivity index (χ1v) is 4.98. The van der Waals surface area contributed by atoms with Crippen LogP contribution in [0, 0.1) is 10.1 Å². The topological polar surface area (TPSA) is 113 Å². The molecule has 0 aliphatic rings. The maximum atomic E-state index is 10.5. The molecule has 1 rings (SSSR count). The fourth-order valence-electron chi connectivity index (χ4n) is 1.29. The van der Waals surface area contributed by atoms with Crippen molar-refractivity contribution in [2.24, 2.45) is 0 Å². The van der Waals surface area contributed by atoms with Crippen molar-refractivity contribution in [2.45, 2.75) is 6.42 Å². The SMILES string of the molecule is O=CNN(CCC(=O)O)c1ccc([N+](=O)[O-])cc1. The molecule has 0 bridgehead atoms. The second-order valence-corrected chi connectivity index (χ2v) is 3.32. The lowest BCUT2D eigenvalue weighted by atomic mass is 10.2. The van der Waals surface area contributed by atoms with Crippen LogP contribution in [0.25, 0.3) is 0 Å². The molecule has 0 atom stereocenters. The number of nitro benzene ring substituents is 1. The molecule has 0 radical (unpaired) electrons. The van der Waals surface area contributed by atoms with E-state index in [1.807, 2.05) is 0 Å². The summed E-state index contributed by atoms with van der Waals surface area (Å²) in [6, 6.07) is 5.40. The maximum absolute atomic E-state index is 10.5. The maximum Gasteiger partial charge on any atom is 0.305 e. The molecule has 0 fully saturated rings. The van der Waals surface area contributed by atoms with Gasteiger partial charge in [-0.3, -0.25) is 30.1 Å². The van der Waals surface area contributed by atoms with Gasteiger partial charge in [-0.25, -0.2) is 0 Å². The van der Waals surface area contributed by atoms with Crippen LogP contribution in [0.3, 0.4) is 0 Å². The van der Waals surface area contributed by atoms with Crippen molar-refractivity contribution in [3.63, 3.8) is 0 Å². The second kappa shape index (κ2) is 6.18. The number of aliphatic carboxylic acids is 1. The van der Waals surface area contributed by atoms with Crippen LogP contribution in [-0.4, -0.2) is 29.0 Å². The number of hydrogen-bond donors (Lipinski definition) is 2. The lowest BCUT2D eigenvalue weighted by molar-refractivity contribution is -0.384. The van der Waals surface area contributed by atoms with Gasteiger partial charge < -0.3 is 5.11 Å². The summed E-state index contributed by atoms with van der Waals surface area (Å²) >= 11 is 0. The predicted octanol–water partition coefficient (Wildman–Crippen LogP) is 0.537. The molecule has 0 saturated heterocycles. The fourth-order valence-corrected chi connectivity index (χ4v) is 1.29. The Labute approximate surface area is 102 Å². The third-order valence-electron chi connectivity index (χ3n) is 2.13. The van der Waals surface area contributed by atoms with Crippen LogP contribution in [0.2, 0.25) is 0 Å². The number of carbonyl (C=O) groups is 2. The van der Waals surface area contributed by atoms with Crippen molar-refractivity contribution in [3.8, 4) is 0 Å². The first-order valence-electron chi connectivity index (χ1n) is 4.98. The van der Waals surface area contributed by atoms with Gasteiger partial charge in [0.1, 0.15) is 0 Å². The molecular weight excluding hydrogens is 242 g/mol. The van der Waals surface area contributed by atoms with Crippen LogP contribution in [-0.2, 0) is 9.59 Å². The van der Waals surface area contributed by atoms with E-state index in [-0.39, 0.29) is 18.7 Å². The van der Waals surface area contributed by atoms with Crippen LogP contribution < -0.4 is 10.4 Å². The number of amides is 1. The highest BCUT2D eigenvalue weighted by Crippen LogP contribution is 2.18. The first kappa shape index (κ1) is 13.4. The average Bonchev–Trinajstić information content (AvgIpc) is 2.34. The molecule has 18 heavy (non-hydrogen) atoms. The van der Waals surface area contributed by atoms with E-state index in [4.69, 9.17) is 5.11 Å². The van der Waals surface area contributed by atoms with E-state index in [0.717, 1.165) is 0 Å². The normalized spacial score (nSPS) is 9.56. The van der Waals surface area contributed by atoms with Gasteiger partial charge in [0.25, 0.3) is 5.69 Å². The number of rotatable bonds is 7. The van der Waals surface area contributed by atoms with Crippen molar-refractivity contribution < 1.29 is 19.6 Å². The predicted molar refractivity (Wildman–Crippen MR) is 61.9 cm³/mol. The van der Waals surface area contributed by atoms with Crippen LogP contribution in [0.1, 0.15) is 6.42 Å². The van der Waals surface area contributed by atoms with Crippen LogP contribution in [0.15, 0.2) is 24.3 Å². The summed E-state index contributed by atoms with van der Waals surface area (Å²) in [5.41, 5.74) is 2.71. The number of anilines is 1. The number of hydrogen-bond acceptors (Lipinski definition) is 5. The van der Waals surface area contributed by atoms with E-state index >= 15 is 0 Å². The lowest BCUT2D eigenvalue weighted by Gasteiger charge is -2.22. The Morgan fingerprint density at radius 2 is 2.06 bits per heavy atom. The highest BCUT2D eigenvalue weighted by atomic mass is 16.6.